The van der Waals surface area contributed by atoms with Crippen LogP contribution in [-0.4, -0.2) is 69.7 Å². The third-order valence-electron chi connectivity index (χ3n) is 4.49. The first-order valence-corrected chi connectivity index (χ1v) is 11.1. The van der Waals surface area contributed by atoms with E-state index in [2.05, 4.69) is 29.4 Å². The van der Waals surface area contributed by atoms with Crippen LogP contribution in [0.15, 0.2) is 20.8 Å². The van der Waals surface area contributed by atoms with Crippen molar-refractivity contribution in [1.29, 1.82) is 0 Å². The normalized spacial score (nSPS) is 21.0. The first-order chi connectivity index (χ1) is 14.8. The van der Waals surface area contributed by atoms with Gasteiger partial charge in [0.25, 0.3) is 11.8 Å². The number of carboxylic acids is 1. The van der Waals surface area contributed by atoms with Crippen molar-refractivity contribution in [2.75, 3.05) is 5.73 Å². The van der Waals surface area contributed by atoms with Gasteiger partial charge in [-0.15, -0.1) is 5.10 Å². The highest BCUT2D eigenvalue weighted by Gasteiger charge is 2.54. The topological polar surface area (TPSA) is 197 Å². The summed E-state index contributed by atoms with van der Waals surface area (Å²) in [6, 6.07) is -1.57. The van der Waals surface area contributed by atoms with Crippen LogP contribution in [0.5, 0.6) is 0 Å². The number of carboxylic acid groups (broad SMARTS) is 1. The quantitative estimate of drug-likeness (QED) is 0.184. The summed E-state index contributed by atoms with van der Waals surface area (Å²) in [5.41, 5.74) is 4.77. The summed E-state index contributed by atoms with van der Waals surface area (Å²) in [4.78, 5) is 42.4. The predicted molar refractivity (Wildman–Crippen MR) is 110 cm³/mol. The number of carbonyl (C=O) groups is 3. The third kappa shape index (κ3) is 3.82. The average Bonchev–Trinajstić information content (AvgIpc) is 3.34. The van der Waals surface area contributed by atoms with Crippen LogP contribution in [0.3, 0.4) is 0 Å². The summed E-state index contributed by atoms with van der Waals surface area (Å²) in [6.07, 6.45) is 0.713. The second-order valence-corrected chi connectivity index (χ2v) is 9.42. The molecule has 31 heavy (non-hydrogen) atoms. The van der Waals surface area contributed by atoms with Crippen LogP contribution in [0.4, 0.5) is 5.13 Å². The Labute approximate surface area is 190 Å². The van der Waals surface area contributed by atoms with Gasteiger partial charge in [0.2, 0.25) is 11.5 Å². The number of fused-ring (bicyclic) bond motifs is 1. The number of rotatable bonds is 6. The zero-order valence-electron chi connectivity index (χ0n) is 15.1. The molecule has 0 bridgehead atoms. The lowest BCUT2D eigenvalue weighted by Gasteiger charge is -2.49. The number of nitrogen functional groups attached to an aromatic ring is 1. The lowest BCUT2D eigenvalue weighted by atomic mass is 9.86. The highest BCUT2D eigenvalue weighted by atomic mass is 35.5. The number of oxime groups is 1. The molecule has 1 saturated heterocycles. The van der Waals surface area contributed by atoms with Gasteiger partial charge < -0.3 is 21.4 Å². The molecule has 0 radical (unpaired) electrons. The molecule has 2 amide bonds. The maximum Gasteiger partial charge on any atom is 0.353 e. The summed E-state index contributed by atoms with van der Waals surface area (Å²) in [6.45, 7) is 0. The van der Waals surface area contributed by atoms with E-state index < -0.39 is 35.6 Å². The van der Waals surface area contributed by atoms with Crippen LogP contribution in [-0.2, 0) is 14.4 Å². The van der Waals surface area contributed by atoms with Crippen molar-refractivity contribution < 1.29 is 24.7 Å². The van der Waals surface area contributed by atoms with Gasteiger partial charge in [-0.05, 0) is 12.8 Å². The van der Waals surface area contributed by atoms with Crippen molar-refractivity contribution in [3.05, 3.63) is 20.8 Å². The number of hydrogen-bond donors (Lipinski definition) is 4. The third-order valence-corrected chi connectivity index (χ3v) is 7.30. The molecule has 1 fully saturated rings. The molecule has 4 rings (SSSR count). The van der Waals surface area contributed by atoms with Gasteiger partial charge in [-0.2, -0.15) is 9.36 Å². The van der Waals surface area contributed by atoms with Crippen molar-refractivity contribution in [3.63, 3.8) is 0 Å². The molecule has 0 unspecified atom stereocenters. The number of allylic oxidation sites excluding steroid dienone is 1. The highest BCUT2D eigenvalue weighted by molar-refractivity contribution is 8.03. The maximum atomic E-state index is 12.7. The number of carbonyl (C=O) groups excluding carboxylic acids is 2. The molecule has 5 N–H and O–H groups in total. The van der Waals surface area contributed by atoms with Gasteiger partial charge in [0.1, 0.15) is 16.1 Å². The van der Waals surface area contributed by atoms with Crippen LogP contribution >= 0.6 is 46.4 Å². The van der Waals surface area contributed by atoms with Crippen LogP contribution in [0.1, 0.15) is 18.7 Å². The van der Waals surface area contributed by atoms with E-state index in [4.69, 9.17) is 22.5 Å². The standard InChI is InChI=1S/C14H11ClN8O5S3/c15-8-11(19-22-30-8)29-4-2-1-3-5(12(25)23(3)7(4)13(26)27)17-10(24)6(20-28)9-18-14(16)31-21-9/h3,5,28H,1-2H2,(H,17,24)(H,26,27)(H2,16,18,21)/b20-6-/t3-,5+/m1/s1. The fourth-order valence-corrected chi connectivity index (χ4v) is 5.39. The second-order valence-electron chi connectivity index (χ2n) is 6.20. The van der Waals surface area contributed by atoms with Crippen molar-refractivity contribution in [3.8, 4) is 0 Å². The Kier molecular flexibility index (Phi) is 5.78. The number of nitrogens with zero attached hydrogens (tertiary/aromatic N) is 6. The number of halogens is 1. The monoisotopic (exact) mass is 502 g/mol. The fraction of sp³-hybridized carbons (Fsp3) is 0.286. The molecule has 2 aromatic heterocycles. The molecule has 0 saturated carbocycles. The second kappa shape index (κ2) is 8.37. The fourth-order valence-electron chi connectivity index (χ4n) is 3.21. The number of β-lactam (4-membered cyclic amide) rings is 1. The summed E-state index contributed by atoms with van der Waals surface area (Å²) in [5.74, 6) is -2.98. The Hall–Kier alpha value is -2.82. The Morgan fingerprint density at radius 2 is 2.16 bits per heavy atom. The molecule has 0 spiro atoms. The minimum absolute atomic E-state index is 0.0683. The first-order valence-electron chi connectivity index (χ1n) is 8.39. The van der Waals surface area contributed by atoms with Crippen molar-refractivity contribution in [1.82, 2.24) is 29.2 Å². The molecule has 2 aromatic rings. The van der Waals surface area contributed by atoms with Crippen LogP contribution in [0.2, 0.25) is 4.34 Å². The van der Waals surface area contributed by atoms with Gasteiger partial charge in [0, 0.05) is 28.0 Å². The van der Waals surface area contributed by atoms with Crippen LogP contribution < -0.4 is 11.1 Å². The molecule has 2 aliphatic heterocycles. The van der Waals surface area contributed by atoms with E-state index in [1.165, 1.54) is 0 Å². The maximum absolute atomic E-state index is 12.7. The molecule has 0 aliphatic carbocycles. The average molecular weight is 503 g/mol. The Balaban J connectivity index is 1.53. The molecule has 17 heteroatoms. The summed E-state index contributed by atoms with van der Waals surface area (Å²) in [7, 11) is 0. The molecule has 0 aromatic carbocycles. The number of hydrogen-bond acceptors (Lipinski definition) is 13. The van der Waals surface area contributed by atoms with Gasteiger partial charge in [-0.3, -0.25) is 14.5 Å². The molecule has 2 aliphatic rings. The van der Waals surface area contributed by atoms with Crippen LogP contribution in [0, 0.1) is 0 Å². The zero-order chi connectivity index (χ0) is 22.3. The Morgan fingerprint density at radius 3 is 2.74 bits per heavy atom. The number of nitrogens with two attached hydrogens (primary N) is 1. The number of anilines is 1. The SMILES string of the molecule is Nc1nc(/C(=N/O)C(=O)N[C@@H]2C(=O)N3C(C(=O)O)=C(Sc4nnsc4Cl)CC[C@H]23)ns1. The van der Waals surface area contributed by atoms with Gasteiger partial charge in [0.15, 0.2) is 10.2 Å². The molecule has 162 valence electrons. The first kappa shape index (κ1) is 21.4. The van der Waals surface area contributed by atoms with E-state index in [1.807, 2.05) is 0 Å². The predicted octanol–water partition coefficient (Wildman–Crippen LogP) is 0.381. The summed E-state index contributed by atoms with van der Waals surface area (Å²) in [5, 5.41) is 28.5. The van der Waals surface area contributed by atoms with Gasteiger partial charge >= 0.3 is 5.97 Å². The number of aromatic nitrogens is 4. The zero-order valence-corrected chi connectivity index (χ0v) is 18.3. The lowest BCUT2D eigenvalue weighted by Crippen LogP contribution is -2.72. The smallest absolute Gasteiger partial charge is 0.353 e. The molecule has 4 heterocycles. The number of amides is 2. The molecule has 13 nitrogen and oxygen atoms in total. The van der Waals surface area contributed by atoms with Gasteiger partial charge in [0.05, 0.1) is 6.04 Å². The van der Waals surface area contributed by atoms with Crippen LogP contribution in [0.25, 0.3) is 0 Å². The number of aliphatic carboxylic acids is 1. The van der Waals surface area contributed by atoms with Crippen molar-refractivity contribution in [2.45, 2.75) is 30.0 Å². The van der Waals surface area contributed by atoms with Gasteiger partial charge in [-0.1, -0.05) is 33.0 Å². The van der Waals surface area contributed by atoms with E-state index in [9.17, 15) is 19.5 Å². The molecule has 2 atom stereocenters. The Morgan fingerprint density at radius 1 is 1.39 bits per heavy atom. The van der Waals surface area contributed by atoms with Crippen molar-refractivity contribution in [2.24, 2.45) is 5.16 Å². The lowest BCUT2D eigenvalue weighted by molar-refractivity contribution is -0.155. The summed E-state index contributed by atoms with van der Waals surface area (Å²) >= 11 is 8.81. The van der Waals surface area contributed by atoms with E-state index in [-0.39, 0.29) is 16.7 Å². The minimum atomic E-state index is -1.29. The number of thioether (sulfide) groups is 1. The Bertz CT molecular complexity index is 1150. The largest absolute Gasteiger partial charge is 0.477 e. The van der Waals surface area contributed by atoms with Gasteiger partial charge in [-0.25, -0.2) is 4.79 Å². The highest BCUT2D eigenvalue weighted by Crippen LogP contribution is 2.44. The van der Waals surface area contributed by atoms with E-state index in [0.717, 1.165) is 39.7 Å². The van der Waals surface area contributed by atoms with E-state index in [1.54, 1.807) is 0 Å². The molecular formula is C14H11ClN8O5S3. The summed E-state index contributed by atoms with van der Waals surface area (Å²) < 4.78 is 7.82. The number of nitrogens with one attached hydrogen (secondary N) is 1. The van der Waals surface area contributed by atoms with E-state index in [0.29, 0.717) is 27.1 Å². The molecular weight excluding hydrogens is 492 g/mol. The van der Waals surface area contributed by atoms with E-state index >= 15 is 0 Å². The minimum Gasteiger partial charge on any atom is -0.477 e. The van der Waals surface area contributed by atoms with Crippen molar-refractivity contribution >= 4 is 75.1 Å².